The molecule has 1 N–H and O–H groups in total. The molecule has 4 rings (SSSR count). The van der Waals surface area contributed by atoms with Crippen LogP contribution in [0.3, 0.4) is 0 Å². The van der Waals surface area contributed by atoms with Crippen LogP contribution in [0.5, 0.6) is 0 Å². The summed E-state index contributed by atoms with van der Waals surface area (Å²) in [7, 11) is 0. The maximum absolute atomic E-state index is 12.9. The van der Waals surface area contributed by atoms with Crippen LogP contribution in [0.4, 0.5) is 0 Å². The fourth-order valence-corrected chi connectivity index (χ4v) is 4.85. The van der Waals surface area contributed by atoms with E-state index in [9.17, 15) is 4.79 Å². The maximum Gasteiger partial charge on any atom is 0.229 e. The molecule has 4 aliphatic rings. The Morgan fingerprint density at radius 2 is 1.94 bits per heavy atom. The summed E-state index contributed by atoms with van der Waals surface area (Å²) in [6, 6.07) is 0. The van der Waals surface area contributed by atoms with Crippen LogP contribution in [0.15, 0.2) is 0 Å². The number of rotatable bonds is 1. The number of hydrogen-bond donors (Lipinski definition) is 1. The summed E-state index contributed by atoms with van der Waals surface area (Å²) in [6.07, 6.45) is 7.68. The largest absolute Gasteiger partial charge is 0.342 e. The standard InChI is InChI=1S/C15H24N2O/c18-14(15-4-2-1-3-13(15)6-15)17-9-11-5-12(10-17)8-16-7-11/h11-13,16H,1-10H2. The first-order valence-corrected chi connectivity index (χ1v) is 7.78. The summed E-state index contributed by atoms with van der Waals surface area (Å²) in [6.45, 7) is 4.29. The predicted octanol–water partition coefficient (Wildman–Crippen LogP) is 1.63. The second-order valence-electron chi connectivity index (χ2n) is 7.14. The molecule has 3 nitrogen and oxygen atoms in total. The van der Waals surface area contributed by atoms with Gasteiger partial charge in [0, 0.05) is 13.1 Å². The summed E-state index contributed by atoms with van der Waals surface area (Å²) >= 11 is 0. The zero-order valence-electron chi connectivity index (χ0n) is 11.2. The molecule has 2 heterocycles. The molecule has 0 radical (unpaired) electrons. The van der Waals surface area contributed by atoms with Gasteiger partial charge in [-0.1, -0.05) is 12.8 Å². The predicted molar refractivity (Wildman–Crippen MR) is 70.1 cm³/mol. The Balaban J connectivity index is 1.48. The van der Waals surface area contributed by atoms with E-state index in [0.29, 0.717) is 5.91 Å². The van der Waals surface area contributed by atoms with Crippen molar-refractivity contribution in [2.75, 3.05) is 26.2 Å². The van der Waals surface area contributed by atoms with Gasteiger partial charge in [-0.3, -0.25) is 4.79 Å². The molecule has 0 aromatic carbocycles. The normalized spacial score (nSPS) is 46.4. The fourth-order valence-electron chi connectivity index (χ4n) is 4.85. The number of carbonyl (C=O) groups excluding carboxylic acids is 1. The van der Waals surface area contributed by atoms with Crippen molar-refractivity contribution in [1.82, 2.24) is 10.2 Å². The van der Waals surface area contributed by atoms with Crippen LogP contribution in [0.25, 0.3) is 0 Å². The van der Waals surface area contributed by atoms with E-state index in [4.69, 9.17) is 0 Å². The third kappa shape index (κ3) is 1.63. The number of nitrogens with one attached hydrogen (secondary N) is 1. The Kier molecular flexibility index (Phi) is 2.48. The average molecular weight is 248 g/mol. The third-order valence-electron chi connectivity index (χ3n) is 5.86. The molecular formula is C15H24N2O. The van der Waals surface area contributed by atoms with Crippen LogP contribution in [-0.2, 0) is 4.79 Å². The number of nitrogens with zero attached hydrogens (tertiary/aromatic N) is 1. The van der Waals surface area contributed by atoms with Gasteiger partial charge in [0.15, 0.2) is 0 Å². The quantitative estimate of drug-likeness (QED) is 0.765. The van der Waals surface area contributed by atoms with Gasteiger partial charge >= 0.3 is 0 Å². The SMILES string of the molecule is O=C(N1CC2CNCC(C2)C1)C12CCCCC1C2. The lowest BCUT2D eigenvalue weighted by molar-refractivity contribution is -0.142. The second-order valence-corrected chi connectivity index (χ2v) is 7.14. The molecule has 2 aliphatic carbocycles. The number of hydrogen-bond acceptors (Lipinski definition) is 2. The van der Waals surface area contributed by atoms with E-state index in [-0.39, 0.29) is 5.41 Å². The van der Waals surface area contributed by atoms with Crippen molar-refractivity contribution in [3.05, 3.63) is 0 Å². The minimum atomic E-state index is 0.122. The smallest absolute Gasteiger partial charge is 0.229 e. The molecule has 2 saturated carbocycles. The Hall–Kier alpha value is -0.570. The Bertz CT molecular complexity index is 358. The van der Waals surface area contributed by atoms with Gasteiger partial charge in [0.1, 0.15) is 0 Å². The molecule has 100 valence electrons. The highest BCUT2D eigenvalue weighted by molar-refractivity contribution is 5.86. The lowest BCUT2D eigenvalue weighted by Gasteiger charge is -2.43. The van der Waals surface area contributed by atoms with Gasteiger partial charge in [0.25, 0.3) is 0 Å². The molecule has 0 aromatic heterocycles. The first-order chi connectivity index (χ1) is 8.78. The van der Waals surface area contributed by atoms with E-state index >= 15 is 0 Å². The van der Waals surface area contributed by atoms with Crippen LogP contribution in [0.1, 0.15) is 38.5 Å². The van der Waals surface area contributed by atoms with E-state index < -0.39 is 0 Å². The monoisotopic (exact) mass is 248 g/mol. The number of amides is 1. The zero-order chi connectivity index (χ0) is 12.2. The molecular weight excluding hydrogens is 224 g/mol. The number of fused-ring (bicyclic) bond motifs is 3. The molecule has 3 heteroatoms. The van der Waals surface area contributed by atoms with Crippen LogP contribution in [0, 0.1) is 23.2 Å². The van der Waals surface area contributed by atoms with Crippen LogP contribution >= 0.6 is 0 Å². The molecule has 1 amide bonds. The summed E-state index contributed by atoms with van der Waals surface area (Å²) in [4.78, 5) is 15.1. The van der Waals surface area contributed by atoms with Crippen molar-refractivity contribution in [3.63, 3.8) is 0 Å². The Morgan fingerprint density at radius 3 is 2.67 bits per heavy atom. The van der Waals surface area contributed by atoms with Gasteiger partial charge in [0.2, 0.25) is 5.91 Å². The van der Waals surface area contributed by atoms with Crippen LogP contribution in [-0.4, -0.2) is 37.0 Å². The van der Waals surface area contributed by atoms with Crippen molar-refractivity contribution in [3.8, 4) is 0 Å². The molecule has 4 atom stereocenters. The highest BCUT2D eigenvalue weighted by Crippen LogP contribution is 2.62. The van der Waals surface area contributed by atoms with Crippen molar-refractivity contribution in [1.29, 1.82) is 0 Å². The van der Waals surface area contributed by atoms with Gasteiger partial charge < -0.3 is 10.2 Å². The zero-order valence-corrected chi connectivity index (χ0v) is 11.2. The van der Waals surface area contributed by atoms with Crippen molar-refractivity contribution in [2.24, 2.45) is 23.2 Å². The summed E-state index contributed by atoms with van der Waals surface area (Å²) in [5, 5.41) is 3.51. The molecule has 2 aliphatic heterocycles. The topological polar surface area (TPSA) is 32.3 Å². The van der Waals surface area contributed by atoms with Crippen molar-refractivity contribution < 1.29 is 4.79 Å². The minimum Gasteiger partial charge on any atom is -0.342 e. The lowest BCUT2D eigenvalue weighted by Crippen LogP contribution is -2.54. The van der Waals surface area contributed by atoms with Gasteiger partial charge in [-0.25, -0.2) is 0 Å². The average Bonchev–Trinajstić information content (AvgIpc) is 3.13. The van der Waals surface area contributed by atoms with E-state index in [1.54, 1.807) is 0 Å². The number of likely N-dealkylation sites (tertiary alicyclic amines) is 1. The van der Waals surface area contributed by atoms with Gasteiger partial charge in [-0.15, -0.1) is 0 Å². The van der Waals surface area contributed by atoms with Crippen LogP contribution < -0.4 is 5.32 Å². The Morgan fingerprint density at radius 1 is 1.17 bits per heavy atom. The number of carbonyl (C=O) groups is 1. The van der Waals surface area contributed by atoms with E-state index in [2.05, 4.69) is 10.2 Å². The van der Waals surface area contributed by atoms with Crippen molar-refractivity contribution in [2.45, 2.75) is 38.5 Å². The highest BCUT2D eigenvalue weighted by Gasteiger charge is 2.61. The highest BCUT2D eigenvalue weighted by atomic mass is 16.2. The summed E-state index contributed by atoms with van der Waals surface area (Å²) in [5.74, 6) is 2.72. The first kappa shape index (κ1) is 11.3. The molecule has 0 aromatic rings. The molecule has 2 saturated heterocycles. The fraction of sp³-hybridized carbons (Fsp3) is 0.933. The van der Waals surface area contributed by atoms with Gasteiger partial charge in [-0.05, 0) is 56.5 Å². The first-order valence-electron chi connectivity index (χ1n) is 7.78. The maximum atomic E-state index is 12.9. The van der Waals surface area contributed by atoms with E-state index in [1.807, 2.05) is 0 Å². The Labute approximate surface area is 109 Å². The van der Waals surface area contributed by atoms with E-state index in [0.717, 1.165) is 43.9 Å². The number of piperidine rings is 2. The van der Waals surface area contributed by atoms with E-state index in [1.165, 1.54) is 38.5 Å². The summed E-state index contributed by atoms with van der Waals surface area (Å²) < 4.78 is 0. The molecule has 2 bridgehead atoms. The minimum absolute atomic E-state index is 0.122. The van der Waals surface area contributed by atoms with Crippen LogP contribution in [0.2, 0.25) is 0 Å². The molecule has 18 heavy (non-hydrogen) atoms. The van der Waals surface area contributed by atoms with Gasteiger partial charge in [0.05, 0.1) is 5.41 Å². The van der Waals surface area contributed by atoms with Crippen molar-refractivity contribution >= 4 is 5.91 Å². The lowest BCUT2D eigenvalue weighted by atomic mass is 9.83. The summed E-state index contributed by atoms with van der Waals surface area (Å²) in [5.41, 5.74) is 0.122. The molecule has 4 fully saturated rings. The molecule has 4 unspecified atom stereocenters. The van der Waals surface area contributed by atoms with Gasteiger partial charge in [-0.2, -0.15) is 0 Å². The second kappa shape index (κ2) is 3.96. The molecule has 0 spiro atoms. The third-order valence-corrected chi connectivity index (χ3v) is 5.86.